The summed E-state index contributed by atoms with van der Waals surface area (Å²) in [6.45, 7) is 0. The van der Waals surface area contributed by atoms with Gasteiger partial charge in [0, 0.05) is 29.3 Å². The number of carbonyl (C=O) groups is 1. The molecule has 6 heteroatoms. The first kappa shape index (κ1) is 18.5. The predicted molar refractivity (Wildman–Crippen MR) is 112 cm³/mol. The molecule has 3 fully saturated rings. The van der Waals surface area contributed by atoms with Crippen LogP contribution in [0.1, 0.15) is 61.3 Å². The minimum absolute atomic E-state index is 0.0360. The van der Waals surface area contributed by atoms with Crippen LogP contribution in [0.5, 0.6) is 5.75 Å². The number of benzene rings is 1. The van der Waals surface area contributed by atoms with Crippen molar-refractivity contribution in [2.24, 2.45) is 0 Å². The second-order valence-electron chi connectivity index (χ2n) is 8.19. The Morgan fingerprint density at radius 3 is 2.52 bits per heavy atom. The van der Waals surface area contributed by atoms with Crippen LogP contribution in [0, 0.1) is 0 Å². The molecule has 29 heavy (non-hydrogen) atoms. The molecule has 1 aromatic carbocycles. The van der Waals surface area contributed by atoms with Gasteiger partial charge in [-0.1, -0.05) is 29.8 Å². The Kier molecular flexibility index (Phi) is 4.70. The molecule has 0 radical (unpaired) electrons. The Labute approximate surface area is 174 Å². The Hall–Kier alpha value is -2.53. The fraction of sp³-hybridized carbons (Fsp3) is 0.391. The fourth-order valence-electron chi connectivity index (χ4n) is 3.79. The third-order valence-electron chi connectivity index (χ3n) is 5.70. The summed E-state index contributed by atoms with van der Waals surface area (Å²) in [7, 11) is 0. The molecule has 2 saturated carbocycles. The highest BCUT2D eigenvalue weighted by atomic mass is 35.5. The van der Waals surface area contributed by atoms with Gasteiger partial charge in [0.05, 0.1) is 11.1 Å². The number of aromatic amines is 1. The molecule has 150 valence electrons. The largest absolute Gasteiger partial charge is 0.489 e. The van der Waals surface area contributed by atoms with Crippen LogP contribution in [0.3, 0.4) is 0 Å². The number of amides is 1. The minimum atomic E-state index is -0.0646. The average Bonchev–Trinajstić information content (AvgIpc) is 3.62. The number of pyridine rings is 1. The van der Waals surface area contributed by atoms with E-state index in [4.69, 9.17) is 16.3 Å². The number of halogens is 1. The van der Waals surface area contributed by atoms with Crippen molar-refractivity contribution >= 4 is 23.1 Å². The van der Waals surface area contributed by atoms with E-state index in [1.807, 2.05) is 36.4 Å². The highest BCUT2D eigenvalue weighted by Gasteiger charge is 2.27. The normalized spacial score (nSPS) is 21.9. The quantitative estimate of drug-likeness (QED) is 0.751. The summed E-state index contributed by atoms with van der Waals surface area (Å²) >= 11 is 6.49. The Balaban J connectivity index is 1.52. The summed E-state index contributed by atoms with van der Waals surface area (Å²) in [6, 6.07) is 9.53. The number of nitrogens with one attached hydrogen (secondary N) is 2. The summed E-state index contributed by atoms with van der Waals surface area (Å²) in [5.41, 5.74) is 3.29. The Morgan fingerprint density at radius 2 is 1.90 bits per heavy atom. The van der Waals surface area contributed by atoms with Gasteiger partial charge in [0.15, 0.2) is 0 Å². The van der Waals surface area contributed by atoms with Crippen molar-refractivity contribution in [3.05, 3.63) is 68.6 Å². The average molecular weight is 411 g/mol. The van der Waals surface area contributed by atoms with Crippen LogP contribution in [0.25, 0.3) is 5.57 Å². The number of carbonyl (C=O) groups excluding carboxylic acids is 1. The summed E-state index contributed by atoms with van der Waals surface area (Å²) < 4.78 is 5.85. The molecule has 1 atom stereocenters. The predicted octanol–water partition coefficient (Wildman–Crippen LogP) is 4.16. The van der Waals surface area contributed by atoms with Crippen LogP contribution in [0.15, 0.2) is 41.2 Å². The molecule has 2 heterocycles. The maximum Gasteiger partial charge on any atom is 0.251 e. The molecule has 0 bridgehead atoms. The lowest BCUT2D eigenvalue weighted by Gasteiger charge is -2.14. The molecule has 2 aliphatic carbocycles. The zero-order valence-corrected chi connectivity index (χ0v) is 16.8. The first-order valence-corrected chi connectivity index (χ1v) is 10.7. The Bertz CT molecular complexity index is 1050. The second-order valence-corrected chi connectivity index (χ2v) is 8.59. The van der Waals surface area contributed by atoms with Gasteiger partial charge in [0.25, 0.3) is 5.56 Å². The zero-order valence-electron chi connectivity index (χ0n) is 16.0. The molecule has 0 unspecified atom stereocenters. The molecule has 5 nitrogen and oxygen atoms in total. The van der Waals surface area contributed by atoms with E-state index in [1.165, 1.54) is 0 Å². The molecule has 1 aromatic heterocycles. The van der Waals surface area contributed by atoms with Crippen LogP contribution in [0.2, 0.25) is 5.02 Å². The van der Waals surface area contributed by atoms with Gasteiger partial charge in [-0.05, 0) is 61.8 Å². The monoisotopic (exact) mass is 410 g/mol. The van der Waals surface area contributed by atoms with E-state index < -0.39 is 0 Å². The minimum Gasteiger partial charge on any atom is -0.489 e. The molecule has 2 N–H and O–H groups in total. The van der Waals surface area contributed by atoms with E-state index in [9.17, 15) is 9.59 Å². The lowest BCUT2D eigenvalue weighted by Crippen LogP contribution is -2.23. The molecule has 1 aliphatic heterocycles. The molecule has 5 rings (SSSR count). The fourth-order valence-corrected chi connectivity index (χ4v) is 4.02. The van der Waals surface area contributed by atoms with Gasteiger partial charge in [-0.25, -0.2) is 0 Å². The van der Waals surface area contributed by atoms with Gasteiger partial charge >= 0.3 is 0 Å². The first-order chi connectivity index (χ1) is 14.1. The number of hydrogen-bond acceptors (Lipinski definition) is 3. The summed E-state index contributed by atoms with van der Waals surface area (Å²) in [5, 5.41) is 3.52. The molecular formula is C23H23ClN2O3. The number of aromatic nitrogens is 1. The summed E-state index contributed by atoms with van der Waals surface area (Å²) in [6.07, 6.45) is 7.84. The van der Waals surface area contributed by atoms with E-state index in [2.05, 4.69) is 10.3 Å². The molecule has 1 amide bonds. The maximum absolute atomic E-state index is 12.6. The van der Waals surface area contributed by atoms with Gasteiger partial charge < -0.3 is 15.0 Å². The molecule has 2 aromatic rings. The SMILES string of the molecule is O=C1CC[C@H](/C=C(/c2ccc(OC3CC3)c(Cl)c2)c2ccc(C3CC3)c(=O)[nH]2)N1. The van der Waals surface area contributed by atoms with E-state index >= 15 is 0 Å². The lowest BCUT2D eigenvalue weighted by molar-refractivity contribution is -0.119. The van der Waals surface area contributed by atoms with E-state index in [1.54, 1.807) is 0 Å². The van der Waals surface area contributed by atoms with Crippen LogP contribution in [-0.2, 0) is 4.79 Å². The number of hydrogen-bond donors (Lipinski definition) is 2. The summed E-state index contributed by atoms with van der Waals surface area (Å²) in [5.74, 6) is 1.13. The molecule has 3 aliphatic rings. The van der Waals surface area contributed by atoms with Crippen LogP contribution in [-0.4, -0.2) is 23.0 Å². The maximum atomic E-state index is 12.6. The second kappa shape index (κ2) is 7.38. The van der Waals surface area contributed by atoms with E-state index in [0.29, 0.717) is 23.1 Å². The Morgan fingerprint density at radius 1 is 1.07 bits per heavy atom. The van der Waals surface area contributed by atoms with Crippen molar-refractivity contribution in [1.82, 2.24) is 10.3 Å². The van der Waals surface area contributed by atoms with Crippen molar-refractivity contribution in [3.8, 4) is 5.75 Å². The van der Waals surface area contributed by atoms with E-state index in [-0.39, 0.29) is 23.6 Å². The highest BCUT2D eigenvalue weighted by Crippen LogP contribution is 2.39. The van der Waals surface area contributed by atoms with E-state index in [0.717, 1.165) is 54.5 Å². The van der Waals surface area contributed by atoms with Gasteiger partial charge in [0.2, 0.25) is 5.91 Å². The van der Waals surface area contributed by atoms with Crippen molar-refractivity contribution in [2.75, 3.05) is 0 Å². The highest BCUT2D eigenvalue weighted by molar-refractivity contribution is 6.32. The zero-order chi connectivity index (χ0) is 20.0. The van der Waals surface area contributed by atoms with Gasteiger partial charge in [0.1, 0.15) is 5.75 Å². The van der Waals surface area contributed by atoms with Crippen molar-refractivity contribution in [1.29, 1.82) is 0 Å². The van der Waals surface area contributed by atoms with Gasteiger partial charge in [-0.3, -0.25) is 9.59 Å². The smallest absolute Gasteiger partial charge is 0.251 e. The third kappa shape index (κ3) is 4.10. The lowest BCUT2D eigenvalue weighted by atomic mass is 9.98. The third-order valence-corrected chi connectivity index (χ3v) is 6.00. The van der Waals surface area contributed by atoms with Crippen molar-refractivity contribution in [3.63, 3.8) is 0 Å². The summed E-state index contributed by atoms with van der Waals surface area (Å²) in [4.78, 5) is 27.3. The van der Waals surface area contributed by atoms with Crippen molar-refractivity contribution < 1.29 is 9.53 Å². The number of H-pyrrole nitrogens is 1. The number of ether oxygens (including phenoxy) is 1. The van der Waals surface area contributed by atoms with Crippen LogP contribution >= 0.6 is 11.6 Å². The molecular weight excluding hydrogens is 388 g/mol. The van der Waals surface area contributed by atoms with Gasteiger partial charge in [-0.2, -0.15) is 0 Å². The van der Waals surface area contributed by atoms with Crippen LogP contribution in [0.4, 0.5) is 0 Å². The number of rotatable bonds is 6. The first-order valence-electron chi connectivity index (χ1n) is 10.3. The molecule has 1 saturated heterocycles. The molecule has 0 spiro atoms. The standard InChI is InChI=1S/C23H23ClN2O3/c24-19-11-14(3-9-21(19)29-16-5-6-16)18(12-15-4-10-22(27)25-15)20-8-7-17(13-1-2-13)23(28)26-20/h3,7-9,11-13,15-16H,1-2,4-6,10H2,(H,25,27)(H,26,28)/b18-12-/t15-/m1/s1. The van der Waals surface area contributed by atoms with Crippen LogP contribution < -0.4 is 15.6 Å². The van der Waals surface area contributed by atoms with Crippen molar-refractivity contribution in [2.45, 2.75) is 56.6 Å². The topological polar surface area (TPSA) is 71.2 Å². The van der Waals surface area contributed by atoms with Gasteiger partial charge in [-0.15, -0.1) is 0 Å².